The van der Waals surface area contributed by atoms with Gasteiger partial charge in [-0.3, -0.25) is 0 Å². The van der Waals surface area contributed by atoms with E-state index in [9.17, 15) is 8.42 Å². The Kier molecular flexibility index (Phi) is 3.05. The average Bonchev–Trinajstić information content (AvgIpc) is 2.15. The first kappa shape index (κ1) is 11.3. The number of hydrogen-bond donors (Lipinski definition) is 0. The second-order valence-corrected chi connectivity index (χ2v) is 8.44. The van der Waals surface area contributed by atoms with Gasteiger partial charge in [-0.05, 0) is 24.5 Å². The van der Waals surface area contributed by atoms with Crippen molar-refractivity contribution in [1.29, 1.82) is 0 Å². The fourth-order valence-corrected chi connectivity index (χ4v) is 4.33. The molecular formula is C10H12INO2S. The standard InChI is InChI=1S/C10H12INO2S/c1-8-6-9-4-2-3-5-10(9)7-12(8)15(11,13)14/h2-5,8H,6-7H2,1H3. The SMILES string of the molecule is CC1Cc2ccccc2CN1S(=O)(=O)I. The summed E-state index contributed by atoms with van der Waals surface area (Å²) >= 11 is 1.51. The molecule has 1 aliphatic rings. The third-order valence-electron chi connectivity index (χ3n) is 2.73. The fraction of sp³-hybridized carbons (Fsp3) is 0.400. The van der Waals surface area contributed by atoms with E-state index in [0.717, 1.165) is 12.0 Å². The van der Waals surface area contributed by atoms with Crippen LogP contribution in [0.15, 0.2) is 24.3 Å². The lowest BCUT2D eigenvalue weighted by Crippen LogP contribution is -2.39. The highest BCUT2D eigenvalue weighted by Crippen LogP contribution is 2.27. The molecule has 1 aliphatic heterocycles. The van der Waals surface area contributed by atoms with Gasteiger partial charge in [-0.25, -0.2) is 8.42 Å². The van der Waals surface area contributed by atoms with Gasteiger partial charge in [0.2, 0.25) is 0 Å². The van der Waals surface area contributed by atoms with Crippen LogP contribution in [0.4, 0.5) is 0 Å². The minimum absolute atomic E-state index is 0.0572. The van der Waals surface area contributed by atoms with E-state index in [1.54, 1.807) is 4.31 Å². The molecule has 0 saturated heterocycles. The minimum Gasteiger partial charge on any atom is -0.201 e. The normalized spacial score (nSPS) is 22.4. The van der Waals surface area contributed by atoms with E-state index in [1.165, 1.54) is 26.8 Å². The second-order valence-electron chi connectivity index (χ2n) is 3.81. The van der Waals surface area contributed by atoms with Crippen LogP contribution >= 0.6 is 21.2 Å². The second kappa shape index (κ2) is 4.03. The predicted octanol–water partition coefficient (Wildman–Crippen LogP) is 2.11. The van der Waals surface area contributed by atoms with Crippen molar-refractivity contribution < 1.29 is 8.42 Å². The molecule has 0 saturated carbocycles. The van der Waals surface area contributed by atoms with Crippen LogP contribution in [-0.4, -0.2) is 18.8 Å². The third-order valence-corrected chi connectivity index (χ3v) is 5.30. The highest BCUT2D eigenvalue weighted by atomic mass is 127. The van der Waals surface area contributed by atoms with Gasteiger partial charge in [-0.15, -0.1) is 0 Å². The van der Waals surface area contributed by atoms with Crippen LogP contribution in [0.25, 0.3) is 0 Å². The van der Waals surface area contributed by atoms with E-state index in [0.29, 0.717) is 6.54 Å². The highest BCUT2D eigenvalue weighted by molar-refractivity contribution is 14.2. The Balaban J connectivity index is 2.38. The number of benzene rings is 1. The zero-order valence-corrected chi connectivity index (χ0v) is 11.3. The molecule has 1 aromatic carbocycles. The molecule has 0 N–H and O–H groups in total. The zero-order valence-electron chi connectivity index (χ0n) is 8.35. The highest BCUT2D eigenvalue weighted by Gasteiger charge is 2.29. The average molecular weight is 337 g/mol. The summed E-state index contributed by atoms with van der Waals surface area (Å²) in [6.45, 7) is 2.45. The maximum atomic E-state index is 11.5. The summed E-state index contributed by atoms with van der Waals surface area (Å²) < 4.78 is 24.6. The van der Waals surface area contributed by atoms with Crippen LogP contribution in [0.5, 0.6) is 0 Å². The molecular weight excluding hydrogens is 325 g/mol. The van der Waals surface area contributed by atoms with E-state index in [-0.39, 0.29) is 6.04 Å². The first-order valence-corrected chi connectivity index (χ1v) is 8.75. The Morgan fingerprint density at radius 1 is 1.33 bits per heavy atom. The fourth-order valence-electron chi connectivity index (χ4n) is 1.95. The lowest BCUT2D eigenvalue weighted by molar-refractivity contribution is 0.318. The summed E-state index contributed by atoms with van der Waals surface area (Å²) in [5.74, 6) is 0. The molecule has 15 heavy (non-hydrogen) atoms. The van der Waals surface area contributed by atoms with E-state index in [1.807, 2.05) is 25.1 Å². The molecule has 1 atom stereocenters. The summed E-state index contributed by atoms with van der Waals surface area (Å²) in [6.07, 6.45) is 0.804. The first-order valence-electron chi connectivity index (χ1n) is 4.76. The van der Waals surface area contributed by atoms with E-state index < -0.39 is 7.19 Å². The molecule has 0 aliphatic carbocycles. The Morgan fingerprint density at radius 2 is 1.93 bits per heavy atom. The Bertz CT molecular complexity index is 472. The number of halogens is 1. The van der Waals surface area contributed by atoms with Gasteiger partial charge < -0.3 is 0 Å². The molecule has 0 spiro atoms. The zero-order chi connectivity index (χ0) is 11.1. The molecule has 0 fully saturated rings. The van der Waals surface area contributed by atoms with Crippen molar-refractivity contribution in [2.24, 2.45) is 0 Å². The van der Waals surface area contributed by atoms with Crippen molar-refractivity contribution in [3.63, 3.8) is 0 Å². The summed E-state index contributed by atoms with van der Waals surface area (Å²) in [5, 5.41) is 0. The molecule has 1 aromatic rings. The smallest absolute Gasteiger partial charge is 0.201 e. The molecule has 82 valence electrons. The lowest BCUT2D eigenvalue weighted by Gasteiger charge is -2.31. The third kappa shape index (κ3) is 2.34. The van der Waals surface area contributed by atoms with Crippen LogP contribution in [0, 0.1) is 0 Å². The van der Waals surface area contributed by atoms with Crippen molar-refractivity contribution in [3.8, 4) is 0 Å². The van der Waals surface area contributed by atoms with Gasteiger partial charge in [-0.2, -0.15) is 4.31 Å². The maximum absolute atomic E-state index is 11.5. The molecule has 0 radical (unpaired) electrons. The summed E-state index contributed by atoms with van der Waals surface area (Å²) in [6, 6.07) is 8.08. The van der Waals surface area contributed by atoms with Gasteiger partial charge in [0.05, 0.1) is 21.2 Å². The maximum Gasteiger partial charge on any atom is 0.268 e. The van der Waals surface area contributed by atoms with Crippen LogP contribution in [-0.2, 0) is 20.2 Å². The van der Waals surface area contributed by atoms with Crippen molar-refractivity contribution in [3.05, 3.63) is 35.4 Å². The van der Waals surface area contributed by atoms with Crippen molar-refractivity contribution in [2.75, 3.05) is 0 Å². The van der Waals surface area contributed by atoms with Gasteiger partial charge in [0.25, 0.3) is 7.19 Å². The van der Waals surface area contributed by atoms with Gasteiger partial charge in [0.1, 0.15) is 0 Å². The predicted molar refractivity (Wildman–Crippen MR) is 68.1 cm³/mol. The van der Waals surface area contributed by atoms with Crippen molar-refractivity contribution in [1.82, 2.24) is 4.31 Å². The van der Waals surface area contributed by atoms with Crippen LogP contribution in [0.2, 0.25) is 0 Å². The number of fused-ring (bicyclic) bond motifs is 1. The Morgan fingerprint density at radius 3 is 2.53 bits per heavy atom. The molecule has 0 aromatic heterocycles. The van der Waals surface area contributed by atoms with Crippen molar-refractivity contribution in [2.45, 2.75) is 25.9 Å². The van der Waals surface area contributed by atoms with Crippen LogP contribution in [0.1, 0.15) is 18.1 Å². The van der Waals surface area contributed by atoms with Gasteiger partial charge in [0.15, 0.2) is 0 Å². The van der Waals surface area contributed by atoms with E-state index >= 15 is 0 Å². The number of rotatable bonds is 1. The Hall–Kier alpha value is -0.140. The molecule has 5 heteroatoms. The summed E-state index contributed by atoms with van der Waals surface area (Å²) in [7, 11) is -3.11. The summed E-state index contributed by atoms with van der Waals surface area (Å²) in [5.41, 5.74) is 2.39. The van der Waals surface area contributed by atoms with Gasteiger partial charge in [-0.1, -0.05) is 24.3 Å². The monoisotopic (exact) mass is 337 g/mol. The number of nitrogens with zero attached hydrogens (tertiary/aromatic N) is 1. The largest absolute Gasteiger partial charge is 0.268 e. The molecule has 1 heterocycles. The minimum atomic E-state index is -3.11. The summed E-state index contributed by atoms with van der Waals surface area (Å²) in [4.78, 5) is 0. The van der Waals surface area contributed by atoms with Crippen molar-refractivity contribution >= 4 is 28.4 Å². The van der Waals surface area contributed by atoms with E-state index in [2.05, 4.69) is 6.07 Å². The van der Waals surface area contributed by atoms with Crippen LogP contribution < -0.4 is 0 Å². The van der Waals surface area contributed by atoms with E-state index in [4.69, 9.17) is 0 Å². The van der Waals surface area contributed by atoms with Crippen LogP contribution in [0.3, 0.4) is 0 Å². The topological polar surface area (TPSA) is 37.4 Å². The number of hydrogen-bond acceptors (Lipinski definition) is 2. The molecule has 2 rings (SSSR count). The molecule has 0 amide bonds. The van der Waals surface area contributed by atoms with Gasteiger partial charge in [0, 0.05) is 12.6 Å². The lowest BCUT2D eigenvalue weighted by atomic mass is 9.97. The van der Waals surface area contributed by atoms with Gasteiger partial charge >= 0.3 is 0 Å². The Labute approximate surface area is 102 Å². The molecule has 3 nitrogen and oxygen atoms in total. The quantitative estimate of drug-likeness (QED) is 0.582. The molecule has 1 unspecified atom stereocenters. The first-order chi connectivity index (χ1) is 6.98. The molecule has 0 bridgehead atoms.